The van der Waals surface area contributed by atoms with Crippen LogP contribution < -0.4 is 26.6 Å². The third-order valence-electron chi connectivity index (χ3n) is 8.52. The predicted molar refractivity (Wildman–Crippen MR) is 210 cm³/mol. The molecule has 4 aromatic rings. The Labute approximate surface area is 323 Å². The molecule has 15 heteroatoms. The number of carbonyl (C=O) groups is 4. The van der Waals surface area contributed by atoms with E-state index >= 15 is 0 Å². The number of alkyl halides is 3. The van der Waals surface area contributed by atoms with E-state index in [1.807, 2.05) is 13.8 Å². The minimum atomic E-state index is -4.48. The summed E-state index contributed by atoms with van der Waals surface area (Å²) in [6, 6.07) is 16.0. The molecule has 12 nitrogen and oxygen atoms in total. The number of amides is 3. The Morgan fingerprint density at radius 3 is 2.20 bits per heavy atom. The third-order valence-corrected chi connectivity index (χ3v) is 8.52. The van der Waals surface area contributed by atoms with Gasteiger partial charge in [-0.05, 0) is 97.8 Å². The highest BCUT2D eigenvalue weighted by Gasteiger charge is 2.31. The second kappa shape index (κ2) is 19.7. The molecule has 0 bridgehead atoms. The Morgan fingerprint density at radius 1 is 0.875 bits per heavy atom. The van der Waals surface area contributed by atoms with Gasteiger partial charge in [-0.2, -0.15) is 13.2 Å². The molecule has 1 aromatic heterocycles. The number of halogens is 3. The molecular formula is C41H44F3N7O5. The van der Waals surface area contributed by atoms with Gasteiger partial charge in [-0.25, -0.2) is 9.97 Å². The van der Waals surface area contributed by atoms with Crippen molar-refractivity contribution in [3.63, 3.8) is 0 Å². The van der Waals surface area contributed by atoms with E-state index in [0.717, 1.165) is 43.0 Å². The van der Waals surface area contributed by atoms with Gasteiger partial charge in [0.1, 0.15) is 6.04 Å². The van der Waals surface area contributed by atoms with Crippen molar-refractivity contribution >= 4 is 58.1 Å². The van der Waals surface area contributed by atoms with Crippen LogP contribution in [0.3, 0.4) is 0 Å². The number of allylic oxidation sites excluding steroid dienone is 1. The SMILES string of the molecule is C=CC(=O)NC(CCC(=O)OC)C(=O)Nc1cccc(Nc2ncc(NC(=O)c3cc(NC(=C4CCC4)c4cccc(C(F)(F)F)c4)ccc3C)cn2)c1.CC. The lowest BCUT2D eigenvalue weighted by molar-refractivity contribution is -0.141. The summed E-state index contributed by atoms with van der Waals surface area (Å²) in [5, 5.41) is 14.3. The van der Waals surface area contributed by atoms with Crippen LogP contribution in [0.5, 0.6) is 0 Å². The van der Waals surface area contributed by atoms with Gasteiger partial charge in [-0.15, -0.1) is 0 Å². The molecular weight excluding hydrogens is 727 g/mol. The first-order valence-corrected chi connectivity index (χ1v) is 17.9. The summed E-state index contributed by atoms with van der Waals surface area (Å²) in [7, 11) is 1.23. The number of aryl methyl sites for hydroxylation is 1. The standard InChI is InChI=1S/C39H38F3N7O5.C2H6/c1-4-33(50)49-32(16-17-34(51)54-3)37(53)46-27-12-7-13-28(19-27)48-38-43-21-30(22-44-38)47-36(52)31-20-29(15-14-23(31)2)45-35(24-8-5-9-24)25-10-6-11-26(18-25)39(40,41)42;1-2/h4,6-7,10-15,18-22,32,45H,1,5,8-9,16-17H2,2-3H3,(H,46,53)(H,47,52)(H,49,50)(H,43,44,48);1-2H3. The van der Waals surface area contributed by atoms with E-state index in [4.69, 9.17) is 0 Å². The first kappa shape index (κ1) is 42.2. The number of esters is 1. The van der Waals surface area contributed by atoms with Gasteiger partial charge in [0.25, 0.3) is 5.91 Å². The number of nitrogens with zero attached hydrogens (tertiary/aromatic N) is 2. The zero-order valence-electron chi connectivity index (χ0n) is 31.5. The fraction of sp³-hybridized carbons (Fsp3) is 0.268. The Bertz CT molecular complexity index is 2080. The van der Waals surface area contributed by atoms with Crippen LogP contribution in [0.4, 0.5) is 41.9 Å². The largest absolute Gasteiger partial charge is 0.469 e. The lowest BCUT2D eigenvalue weighted by atomic mass is 9.88. The van der Waals surface area contributed by atoms with E-state index in [2.05, 4.69) is 47.9 Å². The molecule has 294 valence electrons. The molecule has 0 saturated heterocycles. The second-order valence-corrected chi connectivity index (χ2v) is 12.4. The van der Waals surface area contributed by atoms with Crippen molar-refractivity contribution in [2.75, 3.05) is 28.4 Å². The summed E-state index contributed by atoms with van der Waals surface area (Å²) in [4.78, 5) is 58.4. The maximum absolute atomic E-state index is 13.5. The van der Waals surface area contributed by atoms with Crippen molar-refractivity contribution < 1.29 is 37.1 Å². The Hall–Kier alpha value is -6.51. The van der Waals surface area contributed by atoms with Crippen molar-refractivity contribution in [3.8, 4) is 0 Å². The monoisotopic (exact) mass is 771 g/mol. The van der Waals surface area contributed by atoms with Crippen molar-refractivity contribution in [2.24, 2.45) is 0 Å². The lowest BCUT2D eigenvalue weighted by Crippen LogP contribution is -2.43. The fourth-order valence-corrected chi connectivity index (χ4v) is 5.46. The fourth-order valence-electron chi connectivity index (χ4n) is 5.46. The van der Waals surface area contributed by atoms with Gasteiger partial charge in [0, 0.05) is 34.7 Å². The molecule has 1 heterocycles. The highest BCUT2D eigenvalue weighted by molar-refractivity contribution is 6.06. The van der Waals surface area contributed by atoms with Gasteiger partial charge in [-0.1, -0.05) is 44.7 Å². The number of hydrogen-bond acceptors (Lipinski definition) is 9. The Kier molecular flexibility index (Phi) is 14.9. The van der Waals surface area contributed by atoms with Crippen LogP contribution in [-0.4, -0.2) is 46.8 Å². The molecule has 5 rings (SSSR count). The van der Waals surface area contributed by atoms with Crippen molar-refractivity contribution in [1.82, 2.24) is 15.3 Å². The number of methoxy groups -OCH3 is 1. The maximum Gasteiger partial charge on any atom is 0.416 e. The average molecular weight is 772 g/mol. The zero-order chi connectivity index (χ0) is 40.8. The number of benzene rings is 3. The molecule has 1 fully saturated rings. The van der Waals surface area contributed by atoms with Gasteiger partial charge in [-0.3, -0.25) is 19.2 Å². The quantitative estimate of drug-likeness (QED) is 0.0626. The molecule has 1 atom stereocenters. The van der Waals surface area contributed by atoms with E-state index in [1.165, 1.54) is 25.6 Å². The van der Waals surface area contributed by atoms with E-state index in [0.29, 0.717) is 45.1 Å². The van der Waals surface area contributed by atoms with Crippen LogP contribution >= 0.6 is 0 Å². The summed E-state index contributed by atoms with van der Waals surface area (Å²) in [5.41, 5.74) is 4.09. The smallest absolute Gasteiger partial charge is 0.416 e. The maximum atomic E-state index is 13.5. The number of ether oxygens (including phenoxy) is 1. The normalized spacial score (nSPS) is 12.4. The minimum absolute atomic E-state index is 0.0110. The van der Waals surface area contributed by atoms with Crippen LogP contribution in [0.1, 0.15) is 73.0 Å². The van der Waals surface area contributed by atoms with Gasteiger partial charge in [0.15, 0.2) is 0 Å². The molecule has 1 aliphatic rings. The van der Waals surface area contributed by atoms with E-state index in [-0.39, 0.29) is 18.8 Å². The number of nitrogens with one attached hydrogen (secondary N) is 5. The van der Waals surface area contributed by atoms with Crippen LogP contribution in [-0.2, 0) is 25.3 Å². The first-order chi connectivity index (χ1) is 26.8. The molecule has 0 spiro atoms. The number of hydrogen-bond donors (Lipinski definition) is 5. The number of carbonyl (C=O) groups excluding carboxylic acids is 4. The summed E-state index contributed by atoms with van der Waals surface area (Å²) in [6.45, 7) is 9.16. The van der Waals surface area contributed by atoms with Crippen LogP contribution in [0.15, 0.2) is 97.4 Å². The minimum Gasteiger partial charge on any atom is -0.469 e. The van der Waals surface area contributed by atoms with Crippen molar-refractivity contribution in [2.45, 2.75) is 65.1 Å². The summed E-state index contributed by atoms with van der Waals surface area (Å²) in [5.74, 6) is -1.89. The van der Waals surface area contributed by atoms with Gasteiger partial charge in [0.05, 0.1) is 30.8 Å². The second-order valence-electron chi connectivity index (χ2n) is 12.4. The number of anilines is 5. The van der Waals surface area contributed by atoms with Crippen LogP contribution in [0, 0.1) is 6.92 Å². The van der Waals surface area contributed by atoms with Gasteiger partial charge in [0.2, 0.25) is 17.8 Å². The van der Waals surface area contributed by atoms with E-state index < -0.39 is 41.5 Å². The summed E-state index contributed by atoms with van der Waals surface area (Å²) < 4.78 is 45.0. The number of rotatable bonds is 14. The molecule has 1 unspecified atom stereocenters. The third kappa shape index (κ3) is 11.7. The molecule has 1 aliphatic carbocycles. The van der Waals surface area contributed by atoms with E-state index in [9.17, 15) is 32.3 Å². The highest BCUT2D eigenvalue weighted by atomic mass is 19.4. The van der Waals surface area contributed by atoms with Crippen LogP contribution in [0.2, 0.25) is 0 Å². The topological polar surface area (TPSA) is 163 Å². The molecule has 0 aliphatic heterocycles. The van der Waals surface area contributed by atoms with Gasteiger partial charge < -0.3 is 31.3 Å². The lowest BCUT2D eigenvalue weighted by Gasteiger charge is -2.24. The Morgan fingerprint density at radius 2 is 1.55 bits per heavy atom. The highest BCUT2D eigenvalue weighted by Crippen LogP contribution is 2.37. The number of aromatic nitrogens is 2. The van der Waals surface area contributed by atoms with E-state index in [1.54, 1.807) is 55.5 Å². The summed E-state index contributed by atoms with van der Waals surface area (Å²) in [6.07, 6.45) is 1.78. The molecule has 3 amide bonds. The summed E-state index contributed by atoms with van der Waals surface area (Å²) >= 11 is 0. The molecule has 1 saturated carbocycles. The molecule has 3 aromatic carbocycles. The Balaban J connectivity index is 0.00000342. The molecule has 5 N–H and O–H groups in total. The van der Waals surface area contributed by atoms with Crippen LogP contribution in [0.25, 0.3) is 5.70 Å². The zero-order valence-corrected chi connectivity index (χ0v) is 31.5. The van der Waals surface area contributed by atoms with Gasteiger partial charge >= 0.3 is 12.1 Å². The van der Waals surface area contributed by atoms with Crippen molar-refractivity contribution in [1.29, 1.82) is 0 Å². The first-order valence-electron chi connectivity index (χ1n) is 17.9. The average Bonchev–Trinajstić information content (AvgIpc) is 3.17. The molecule has 0 radical (unpaired) electrons. The van der Waals surface area contributed by atoms with Crippen molar-refractivity contribution in [3.05, 3.63) is 120 Å². The predicted octanol–water partition coefficient (Wildman–Crippen LogP) is 8.40. The molecule has 56 heavy (non-hydrogen) atoms.